The molecule has 136 valence electrons. The molecule has 0 atom stereocenters. The standard InChI is InChI=1S/2CH2O3.4CH3.6H2O.3Zr/c2*2-1(3)4;;;;;;;;;;;;;/h2*(H2,2,3,4);4*1H3;6*1H2;;;/q;;4*-1;;;;;;;;2*+2/p-1. The zero-order valence-corrected chi connectivity index (χ0v) is 19.4. The van der Waals surface area contributed by atoms with Gasteiger partial charge in [0.1, 0.15) is 0 Å². The zero-order chi connectivity index (χ0) is 7.15. The van der Waals surface area contributed by atoms with E-state index in [1.807, 2.05) is 0 Å². The van der Waals surface area contributed by atoms with E-state index in [1.54, 1.807) is 0 Å². The van der Waals surface area contributed by atoms with Crippen molar-refractivity contribution < 1.29 is 141 Å². The summed E-state index contributed by atoms with van der Waals surface area (Å²) in [6.07, 6.45) is -3.92. The van der Waals surface area contributed by atoms with E-state index in [2.05, 4.69) is 0 Å². The largest absolute Gasteiger partial charge is 2.00 e. The first-order valence-corrected chi connectivity index (χ1v) is 1.28. The fraction of sp³-hybridized carbons (Fsp3) is 0. The summed E-state index contributed by atoms with van der Waals surface area (Å²) in [5, 5.41) is 29.2. The van der Waals surface area contributed by atoms with E-state index in [0.29, 0.717) is 0 Å². The molecule has 0 radical (unpaired) electrons. The van der Waals surface area contributed by atoms with Gasteiger partial charge in [-0.1, -0.05) is 0 Å². The van der Waals surface area contributed by atoms with Crippen molar-refractivity contribution in [2.24, 2.45) is 0 Å². The number of rotatable bonds is 0. The van der Waals surface area contributed by atoms with Crippen LogP contribution in [0, 0.1) is 29.7 Å². The Morgan fingerprint density at radius 1 is 0.619 bits per heavy atom. The van der Waals surface area contributed by atoms with Crippen LogP contribution in [0.2, 0.25) is 0 Å². The summed E-state index contributed by atoms with van der Waals surface area (Å²) in [5.41, 5.74) is 0. The van der Waals surface area contributed by atoms with Gasteiger partial charge in [-0.05, 0) is 0 Å². The topological polar surface area (TPSA) is 307 Å². The van der Waals surface area contributed by atoms with Crippen LogP contribution < -0.4 is 5.11 Å². The molecule has 0 saturated carbocycles. The van der Waals surface area contributed by atoms with Crippen molar-refractivity contribution in [3.05, 3.63) is 29.7 Å². The summed E-state index contributed by atoms with van der Waals surface area (Å²) in [6, 6.07) is 0. The number of carbonyl (C=O) groups is 2. The molecule has 0 aliphatic carbocycles. The van der Waals surface area contributed by atoms with Gasteiger partial charge in [-0.25, -0.2) is 4.79 Å². The van der Waals surface area contributed by atoms with Gasteiger partial charge in [0.2, 0.25) is 6.16 Å². The minimum absolute atomic E-state index is 0. The van der Waals surface area contributed by atoms with Crippen LogP contribution in [0.4, 0.5) is 9.59 Å². The summed E-state index contributed by atoms with van der Waals surface area (Å²) in [7, 11) is 0. The molecule has 0 unspecified atom stereocenters. The summed E-state index contributed by atoms with van der Waals surface area (Å²) in [5.74, 6) is 0. The van der Waals surface area contributed by atoms with Gasteiger partial charge < -0.3 is 87.8 Å². The molecule has 0 rings (SSSR count). The molecule has 15 N–H and O–H groups in total. The van der Waals surface area contributed by atoms with E-state index in [4.69, 9.17) is 30.0 Å². The molecule has 0 amide bonds. The van der Waals surface area contributed by atoms with E-state index < -0.39 is 12.3 Å². The first-order valence-electron chi connectivity index (χ1n) is 1.28. The van der Waals surface area contributed by atoms with Crippen LogP contribution in [-0.2, 0) is 78.6 Å². The van der Waals surface area contributed by atoms with Crippen LogP contribution in [-0.4, -0.2) is 60.5 Å². The van der Waals surface area contributed by atoms with Crippen LogP contribution in [0.1, 0.15) is 0 Å². The molecule has 0 saturated heterocycles. The van der Waals surface area contributed by atoms with Crippen molar-refractivity contribution >= 4 is 12.3 Å². The van der Waals surface area contributed by atoms with E-state index >= 15 is 0 Å². The fourth-order valence-corrected chi connectivity index (χ4v) is 0. The van der Waals surface area contributed by atoms with Crippen LogP contribution in [0.3, 0.4) is 0 Å². The zero-order valence-electron chi connectivity index (χ0n) is 12.1. The third kappa shape index (κ3) is 8350. The van der Waals surface area contributed by atoms with E-state index in [9.17, 15) is 0 Å². The fourth-order valence-electron chi connectivity index (χ4n) is 0. The van der Waals surface area contributed by atoms with Gasteiger partial charge in [0, 0.05) is 26.2 Å². The maximum Gasteiger partial charge on any atom is 2.00 e. The molecule has 21 heavy (non-hydrogen) atoms. The normalized spacial score (nSPS) is 2.29. The average molecular weight is 565 g/mol. The Labute approximate surface area is 182 Å². The Bertz CT molecular complexity index is 87.0. The second kappa shape index (κ2) is 173. The number of hydrogen-bond donors (Lipinski definition) is 3. The van der Waals surface area contributed by atoms with E-state index in [-0.39, 0.29) is 141 Å². The molecule has 0 aromatic carbocycles. The Morgan fingerprint density at radius 2 is 0.619 bits per heavy atom. The number of carboxylic acid groups (broad SMARTS) is 4. The monoisotopic (exact) mass is 561 g/mol. The predicted octanol–water partition coefficient (Wildman–Crippen LogP) is -4.04. The average Bonchev–Trinajstić information content (AvgIpc) is 1.25. The van der Waals surface area contributed by atoms with Crippen molar-refractivity contribution in [1.29, 1.82) is 0 Å². The van der Waals surface area contributed by atoms with E-state index in [0.717, 1.165) is 0 Å². The van der Waals surface area contributed by atoms with Crippen LogP contribution >= 0.6 is 0 Å². The summed E-state index contributed by atoms with van der Waals surface area (Å²) in [4.78, 5) is 17.0. The predicted molar refractivity (Wildman–Crippen MR) is 66.0 cm³/mol. The van der Waals surface area contributed by atoms with Gasteiger partial charge in [0.05, 0.1) is 0 Å². The van der Waals surface area contributed by atoms with Crippen LogP contribution in [0.5, 0.6) is 0 Å². The van der Waals surface area contributed by atoms with Gasteiger partial charge in [0.15, 0.2) is 0 Å². The second-order valence-electron chi connectivity index (χ2n) is 0.548. The van der Waals surface area contributed by atoms with Gasteiger partial charge in [0.25, 0.3) is 0 Å². The van der Waals surface area contributed by atoms with Crippen molar-refractivity contribution in [1.82, 2.24) is 0 Å². The molecular weight excluding hydrogens is 538 g/mol. The Morgan fingerprint density at radius 3 is 0.619 bits per heavy atom. The van der Waals surface area contributed by atoms with Crippen molar-refractivity contribution in [2.75, 3.05) is 0 Å². The summed E-state index contributed by atoms with van der Waals surface area (Å²) in [6.45, 7) is 0. The maximum atomic E-state index is 8.56. The molecule has 15 heteroatoms. The first-order chi connectivity index (χ1) is 3.46. The molecule has 0 fully saturated rings. The second-order valence-corrected chi connectivity index (χ2v) is 0.548. The van der Waals surface area contributed by atoms with Crippen molar-refractivity contribution in [2.45, 2.75) is 0 Å². The van der Waals surface area contributed by atoms with Crippen molar-refractivity contribution in [3.63, 3.8) is 0 Å². The minimum atomic E-state index is -2.08. The SMILES string of the molecule is O.O.O.O.O.O.O=C(O)O.O=C([O-])O.[CH3-].[CH3-].[CH3-].[CH3-].[Zr+2].[Zr+2].[Zr]. The Balaban J connectivity index is -0.00000000163. The molecule has 0 aromatic rings. The van der Waals surface area contributed by atoms with Crippen LogP contribution in [0.15, 0.2) is 0 Å². The minimum Gasteiger partial charge on any atom is -0.565 e. The molecule has 12 nitrogen and oxygen atoms in total. The van der Waals surface area contributed by atoms with Crippen LogP contribution in [0.25, 0.3) is 0 Å². The molecule has 0 aromatic heterocycles. The van der Waals surface area contributed by atoms with Gasteiger partial charge >= 0.3 is 58.6 Å². The quantitative estimate of drug-likeness (QED) is 0.245. The molecule has 0 aliphatic rings. The maximum absolute atomic E-state index is 8.56. The Hall–Kier alpha value is 0.949. The molecule has 0 aliphatic heterocycles. The summed E-state index contributed by atoms with van der Waals surface area (Å²) >= 11 is 0. The Kier molecular flexibility index (Phi) is 1640. The van der Waals surface area contributed by atoms with E-state index in [1.165, 1.54) is 0 Å². The molecule has 0 heterocycles. The third-order valence-corrected chi connectivity index (χ3v) is 0. The molecule has 0 spiro atoms. The third-order valence-electron chi connectivity index (χ3n) is 0. The van der Waals surface area contributed by atoms with Gasteiger partial charge in [-0.2, -0.15) is 0 Å². The van der Waals surface area contributed by atoms with Crippen molar-refractivity contribution in [3.8, 4) is 0 Å². The smallest absolute Gasteiger partial charge is 0.565 e. The number of hydrogen-bond acceptors (Lipinski definition) is 3. The first kappa shape index (κ1) is 199. The molecular formula is C6H27O12Zr3-. The summed E-state index contributed by atoms with van der Waals surface area (Å²) < 4.78 is 0. The van der Waals surface area contributed by atoms with Gasteiger partial charge in [-0.3, -0.25) is 0 Å². The molecule has 0 bridgehead atoms. The van der Waals surface area contributed by atoms with Gasteiger partial charge in [-0.15, -0.1) is 0 Å².